The van der Waals surface area contributed by atoms with Crippen LogP contribution in [-0.4, -0.2) is 5.78 Å². The van der Waals surface area contributed by atoms with Crippen molar-refractivity contribution in [2.75, 3.05) is 0 Å². The van der Waals surface area contributed by atoms with E-state index in [1.54, 1.807) is 0 Å². The molecule has 76 valence electrons. The summed E-state index contributed by atoms with van der Waals surface area (Å²) >= 11 is 5.79. The number of benzene rings is 1. The largest absolute Gasteiger partial charge is 0.299 e. The van der Waals surface area contributed by atoms with Gasteiger partial charge in [0.05, 0.1) is 0 Å². The van der Waals surface area contributed by atoms with Gasteiger partial charge >= 0.3 is 0 Å². The zero-order valence-electron chi connectivity index (χ0n) is 8.80. The lowest BCUT2D eigenvalue weighted by molar-refractivity contribution is -0.123. The van der Waals surface area contributed by atoms with Gasteiger partial charge in [0.25, 0.3) is 0 Å². The van der Waals surface area contributed by atoms with Crippen molar-refractivity contribution < 1.29 is 4.79 Å². The van der Waals surface area contributed by atoms with Gasteiger partial charge in [-0.2, -0.15) is 0 Å². The number of hydrogen-bond acceptors (Lipinski definition) is 1. The van der Waals surface area contributed by atoms with Crippen LogP contribution in [0.2, 0.25) is 5.02 Å². The molecule has 0 atom stereocenters. The number of carbonyl (C=O) groups is 1. The molecule has 0 spiro atoms. The quantitative estimate of drug-likeness (QED) is 0.745. The fourth-order valence-corrected chi connectivity index (χ4v) is 1.60. The summed E-state index contributed by atoms with van der Waals surface area (Å²) in [6, 6.07) is 7.47. The molecule has 2 heteroatoms. The molecular formula is C12H15ClO. The Balaban J connectivity index is 3.03. The Kier molecular flexibility index (Phi) is 3.33. The van der Waals surface area contributed by atoms with E-state index in [0.717, 1.165) is 5.56 Å². The molecule has 0 heterocycles. The van der Waals surface area contributed by atoms with Gasteiger partial charge in [-0.1, -0.05) is 30.7 Å². The summed E-state index contributed by atoms with van der Waals surface area (Å²) in [6.07, 6.45) is 0.565. The molecule has 0 bridgehead atoms. The van der Waals surface area contributed by atoms with E-state index in [-0.39, 0.29) is 5.78 Å². The van der Waals surface area contributed by atoms with Crippen LogP contribution in [0.1, 0.15) is 32.8 Å². The lowest BCUT2D eigenvalue weighted by Crippen LogP contribution is -2.28. The van der Waals surface area contributed by atoms with Gasteiger partial charge in [0.1, 0.15) is 5.78 Å². The SMILES string of the molecule is CCC(=O)C(C)(C)c1ccc(Cl)cc1. The molecule has 1 aromatic carbocycles. The van der Waals surface area contributed by atoms with Crippen LogP contribution in [0.25, 0.3) is 0 Å². The molecule has 1 aromatic rings. The van der Waals surface area contributed by atoms with Crippen molar-refractivity contribution in [3.8, 4) is 0 Å². The Morgan fingerprint density at radius 2 is 1.79 bits per heavy atom. The maximum atomic E-state index is 11.7. The Labute approximate surface area is 90.1 Å². The third-order valence-corrected chi connectivity index (χ3v) is 2.84. The van der Waals surface area contributed by atoms with Crippen LogP contribution in [0, 0.1) is 0 Å². The lowest BCUT2D eigenvalue weighted by atomic mass is 9.80. The number of ketones is 1. The summed E-state index contributed by atoms with van der Waals surface area (Å²) in [5.74, 6) is 0.250. The van der Waals surface area contributed by atoms with Gasteiger partial charge in [-0.15, -0.1) is 0 Å². The minimum atomic E-state index is -0.403. The highest BCUT2D eigenvalue weighted by molar-refractivity contribution is 6.30. The predicted octanol–water partition coefficient (Wildman–Crippen LogP) is 3.60. The van der Waals surface area contributed by atoms with E-state index in [1.165, 1.54) is 0 Å². The first-order valence-electron chi connectivity index (χ1n) is 4.78. The Bertz CT molecular complexity index is 325. The fourth-order valence-electron chi connectivity index (χ4n) is 1.47. The normalized spacial score (nSPS) is 11.4. The molecule has 0 aliphatic carbocycles. The third kappa shape index (κ3) is 2.16. The summed E-state index contributed by atoms with van der Waals surface area (Å²) in [6.45, 7) is 5.78. The summed E-state index contributed by atoms with van der Waals surface area (Å²) in [5, 5.41) is 0.702. The van der Waals surface area contributed by atoms with Crippen molar-refractivity contribution in [2.45, 2.75) is 32.6 Å². The molecule has 0 aliphatic rings. The molecular weight excluding hydrogens is 196 g/mol. The van der Waals surface area contributed by atoms with Crippen LogP contribution in [0.3, 0.4) is 0 Å². The topological polar surface area (TPSA) is 17.1 Å². The molecule has 0 unspecified atom stereocenters. The zero-order chi connectivity index (χ0) is 10.8. The number of Topliss-reactive ketones (excluding diaryl/α,β-unsaturated/α-hetero) is 1. The first-order valence-corrected chi connectivity index (χ1v) is 5.15. The summed E-state index contributed by atoms with van der Waals surface area (Å²) in [4.78, 5) is 11.7. The first-order chi connectivity index (χ1) is 6.48. The summed E-state index contributed by atoms with van der Waals surface area (Å²) in [7, 11) is 0. The van der Waals surface area contributed by atoms with Crippen LogP contribution >= 0.6 is 11.6 Å². The van der Waals surface area contributed by atoms with Gasteiger partial charge in [0.2, 0.25) is 0 Å². The van der Waals surface area contributed by atoms with Gasteiger partial charge in [-0.3, -0.25) is 4.79 Å². The maximum Gasteiger partial charge on any atom is 0.142 e. The van der Waals surface area contributed by atoms with Gasteiger partial charge in [-0.05, 0) is 31.5 Å². The first kappa shape index (κ1) is 11.3. The van der Waals surface area contributed by atoms with Crippen LogP contribution in [0.4, 0.5) is 0 Å². The minimum absolute atomic E-state index is 0.250. The monoisotopic (exact) mass is 210 g/mol. The molecule has 1 rings (SSSR count). The van der Waals surface area contributed by atoms with Gasteiger partial charge in [-0.25, -0.2) is 0 Å². The molecule has 1 nitrogen and oxygen atoms in total. The number of rotatable bonds is 3. The Hall–Kier alpha value is -0.820. The average molecular weight is 211 g/mol. The highest BCUT2D eigenvalue weighted by atomic mass is 35.5. The van der Waals surface area contributed by atoms with Crippen LogP contribution in [0.15, 0.2) is 24.3 Å². The minimum Gasteiger partial charge on any atom is -0.299 e. The van der Waals surface area contributed by atoms with E-state index in [2.05, 4.69) is 0 Å². The Morgan fingerprint density at radius 1 is 1.29 bits per heavy atom. The second-order valence-electron chi connectivity index (χ2n) is 3.91. The third-order valence-electron chi connectivity index (χ3n) is 2.58. The highest BCUT2D eigenvalue weighted by Gasteiger charge is 2.27. The van der Waals surface area contributed by atoms with E-state index < -0.39 is 5.41 Å². The summed E-state index contributed by atoms with van der Waals surface area (Å²) in [5.41, 5.74) is 0.619. The molecule has 14 heavy (non-hydrogen) atoms. The average Bonchev–Trinajstić information content (AvgIpc) is 2.17. The molecule has 0 fully saturated rings. The van der Waals surface area contributed by atoms with Crippen LogP contribution in [0.5, 0.6) is 0 Å². The second kappa shape index (κ2) is 4.14. The van der Waals surface area contributed by atoms with Gasteiger partial charge in [0, 0.05) is 16.9 Å². The molecule has 0 N–H and O–H groups in total. The standard InChI is InChI=1S/C12H15ClO/c1-4-11(14)12(2,3)9-5-7-10(13)8-6-9/h5-8H,4H2,1-3H3. The van der Waals surface area contributed by atoms with E-state index in [9.17, 15) is 4.79 Å². The smallest absolute Gasteiger partial charge is 0.142 e. The Morgan fingerprint density at radius 3 is 2.21 bits per heavy atom. The van der Waals surface area contributed by atoms with Crippen LogP contribution < -0.4 is 0 Å². The van der Waals surface area contributed by atoms with E-state index in [0.29, 0.717) is 11.4 Å². The number of hydrogen-bond donors (Lipinski definition) is 0. The maximum absolute atomic E-state index is 11.7. The number of carbonyl (C=O) groups excluding carboxylic acids is 1. The van der Waals surface area contributed by atoms with Gasteiger partial charge in [0.15, 0.2) is 0 Å². The van der Waals surface area contributed by atoms with Crippen molar-refractivity contribution in [2.24, 2.45) is 0 Å². The van der Waals surface area contributed by atoms with E-state index >= 15 is 0 Å². The van der Waals surface area contributed by atoms with Crippen molar-refractivity contribution >= 4 is 17.4 Å². The molecule has 0 radical (unpaired) electrons. The highest BCUT2D eigenvalue weighted by Crippen LogP contribution is 2.26. The molecule has 0 amide bonds. The van der Waals surface area contributed by atoms with Crippen LogP contribution in [-0.2, 0) is 10.2 Å². The van der Waals surface area contributed by atoms with Gasteiger partial charge < -0.3 is 0 Å². The second-order valence-corrected chi connectivity index (χ2v) is 4.35. The number of halogens is 1. The zero-order valence-corrected chi connectivity index (χ0v) is 9.56. The summed E-state index contributed by atoms with van der Waals surface area (Å²) < 4.78 is 0. The molecule has 0 aromatic heterocycles. The molecule has 0 saturated carbocycles. The lowest BCUT2D eigenvalue weighted by Gasteiger charge is -2.23. The van der Waals surface area contributed by atoms with Crippen molar-refractivity contribution in [1.82, 2.24) is 0 Å². The fraction of sp³-hybridized carbons (Fsp3) is 0.417. The molecule has 0 aliphatic heterocycles. The van der Waals surface area contributed by atoms with E-state index in [1.807, 2.05) is 45.0 Å². The van der Waals surface area contributed by atoms with Crippen molar-refractivity contribution in [1.29, 1.82) is 0 Å². The van der Waals surface area contributed by atoms with Crippen molar-refractivity contribution in [3.05, 3.63) is 34.9 Å². The molecule has 0 saturated heterocycles. The van der Waals surface area contributed by atoms with Crippen molar-refractivity contribution in [3.63, 3.8) is 0 Å². The predicted molar refractivity (Wildman–Crippen MR) is 59.8 cm³/mol. The van der Waals surface area contributed by atoms with E-state index in [4.69, 9.17) is 11.6 Å².